The number of anilines is 1. The zero-order chi connectivity index (χ0) is 13.8. The van der Waals surface area contributed by atoms with Crippen LogP contribution in [0.25, 0.3) is 0 Å². The van der Waals surface area contributed by atoms with Crippen molar-refractivity contribution in [2.75, 3.05) is 11.3 Å². The van der Waals surface area contributed by atoms with Crippen LogP contribution < -0.4 is 10.5 Å². The van der Waals surface area contributed by atoms with Crippen molar-refractivity contribution in [3.05, 3.63) is 29.3 Å². The SMILES string of the molecule is CCc1cccc(CC)c1NS(=O)(=O)C(C)CN. The predicted molar refractivity (Wildman–Crippen MR) is 76.3 cm³/mol. The van der Waals surface area contributed by atoms with Crippen LogP contribution in [0, 0.1) is 0 Å². The van der Waals surface area contributed by atoms with E-state index >= 15 is 0 Å². The van der Waals surface area contributed by atoms with Crippen molar-refractivity contribution in [2.24, 2.45) is 5.73 Å². The molecule has 0 radical (unpaired) electrons. The molecule has 1 rings (SSSR count). The number of hydrogen-bond donors (Lipinski definition) is 2. The highest BCUT2D eigenvalue weighted by atomic mass is 32.2. The van der Waals surface area contributed by atoms with Crippen molar-refractivity contribution >= 4 is 15.7 Å². The van der Waals surface area contributed by atoms with Gasteiger partial charge in [-0.15, -0.1) is 0 Å². The first-order valence-electron chi connectivity index (χ1n) is 6.28. The number of nitrogens with one attached hydrogen (secondary N) is 1. The summed E-state index contributed by atoms with van der Waals surface area (Å²) < 4.78 is 26.9. The van der Waals surface area contributed by atoms with Crippen molar-refractivity contribution < 1.29 is 8.42 Å². The molecule has 0 aliphatic heterocycles. The molecule has 0 aromatic heterocycles. The minimum absolute atomic E-state index is 0.116. The summed E-state index contributed by atoms with van der Waals surface area (Å²) in [7, 11) is -3.40. The molecule has 1 atom stereocenters. The third-order valence-electron chi connectivity index (χ3n) is 3.10. The summed E-state index contributed by atoms with van der Waals surface area (Å²) in [4.78, 5) is 0. The van der Waals surface area contributed by atoms with E-state index in [1.807, 2.05) is 32.0 Å². The van der Waals surface area contributed by atoms with E-state index in [9.17, 15) is 8.42 Å². The number of aryl methyl sites for hydroxylation is 2. The first kappa shape index (κ1) is 15.0. The van der Waals surface area contributed by atoms with Gasteiger partial charge in [0.25, 0.3) is 0 Å². The van der Waals surface area contributed by atoms with Gasteiger partial charge in [-0.05, 0) is 30.9 Å². The summed E-state index contributed by atoms with van der Waals surface area (Å²) in [5.74, 6) is 0. The first-order chi connectivity index (χ1) is 8.46. The smallest absolute Gasteiger partial charge is 0.236 e. The predicted octanol–water partition coefficient (Wildman–Crippen LogP) is 1.90. The van der Waals surface area contributed by atoms with E-state index in [4.69, 9.17) is 5.73 Å². The second-order valence-electron chi connectivity index (χ2n) is 4.35. The lowest BCUT2D eigenvalue weighted by Gasteiger charge is -2.18. The van der Waals surface area contributed by atoms with Crippen LogP contribution in [0.4, 0.5) is 5.69 Å². The zero-order valence-electron chi connectivity index (χ0n) is 11.2. The largest absolute Gasteiger partial charge is 0.329 e. The monoisotopic (exact) mass is 270 g/mol. The third kappa shape index (κ3) is 3.23. The van der Waals surface area contributed by atoms with E-state index in [0.29, 0.717) is 0 Å². The molecule has 18 heavy (non-hydrogen) atoms. The lowest BCUT2D eigenvalue weighted by atomic mass is 10.0. The Morgan fingerprint density at radius 1 is 1.22 bits per heavy atom. The van der Waals surface area contributed by atoms with Gasteiger partial charge in [-0.25, -0.2) is 8.42 Å². The highest BCUT2D eigenvalue weighted by Gasteiger charge is 2.21. The van der Waals surface area contributed by atoms with Crippen LogP contribution in [0.2, 0.25) is 0 Å². The zero-order valence-corrected chi connectivity index (χ0v) is 12.0. The lowest BCUT2D eigenvalue weighted by molar-refractivity contribution is 0.589. The van der Waals surface area contributed by atoms with Gasteiger partial charge in [-0.2, -0.15) is 0 Å². The molecule has 0 aliphatic carbocycles. The third-order valence-corrected chi connectivity index (χ3v) is 4.85. The Bertz CT molecular complexity index is 475. The first-order valence-corrected chi connectivity index (χ1v) is 7.83. The van der Waals surface area contributed by atoms with Crippen LogP contribution >= 0.6 is 0 Å². The number of hydrogen-bond acceptors (Lipinski definition) is 3. The molecule has 0 spiro atoms. The van der Waals surface area contributed by atoms with Gasteiger partial charge in [-0.3, -0.25) is 4.72 Å². The number of rotatable bonds is 6. The molecule has 0 saturated carbocycles. The number of sulfonamides is 1. The van der Waals surface area contributed by atoms with E-state index in [2.05, 4.69) is 4.72 Å². The average Bonchev–Trinajstić information content (AvgIpc) is 2.37. The van der Waals surface area contributed by atoms with Crippen LogP contribution in [-0.2, 0) is 22.9 Å². The minimum Gasteiger partial charge on any atom is -0.329 e. The highest BCUT2D eigenvalue weighted by molar-refractivity contribution is 7.93. The summed E-state index contributed by atoms with van der Waals surface area (Å²) in [5, 5.41) is -0.591. The van der Waals surface area contributed by atoms with Gasteiger partial charge in [0.15, 0.2) is 0 Å². The van der Waals surface area contributed by atoms with E-state index < -0.39 is 15.3 Å². The van der Waals surface area contributed by atoms with Crippen LogP contribution in [0.1, 0.15) is 31.9 Å². The Morgan fingerprint density at radius 3 is 2.11 bits per heavy atom. The second kappa shape index (κ2) is 6.20. The molecule has 0 heterocycles. The Labute approximate surface area is 110 Å². The molecule has 0 saturated heterocycles. The molecule has 4 nitrogen and oxygen atoms in total. The average molecular weight is 270 g/mol. The summed E-state index contributed by atoms with van der Waals surface area (Å²) in [6, 6.07) is 5.86. The summed E-state index contributed by atoms with van der Waals surface area (Å²) in [6.45, 7) is 5.76. The fourth-order valence-electron chi connectivity index (χ4n) is 1.74. The number of nitrogens with two attached hydrogens (primary N) is 1. The quantitative estimate of drug-likeness (QED) is 0.829. The van der Waals surface area contributed by atoms with Gasteiger partial charge < -0.3 is 5.73 Å². The summed E-state index contributed by atoms with van der Waals surface area (Å²) >= 11 is 0. The molecule has 0 bridgehead atoms. The standard InChI is InChI=1S/C13H22N2O2S/c1-4-11-7-6-8-12(5-2)13(11)15-18(16,17)10(3)9-14/h6-8,10,15H,4-5,9,14H2,1-3H3. The van der Waals surface area contributed by atoms with Crippen LogP contribution in [-0.4, -0.2) is 20.2 Å². The van der Waals surface area contributed by atoms with Gasteiger partial charge >= 0.3 is 0 Å². The van der Waals surface area contributed by atoms with Crippen molar-refractivity contribution in [1.82, 2.24) is 0 Å². The van der Waals surface area contributed by atoms with Crippen molar-refractivity contribution in [3.8, 4) is 0 Å². The highest BCUT2D eigenvalue weighted by Crippen LogP contribution is 2.24. The second-order valence-corrected chi connectivity index (χ2v) is 6.45. The van der Waals surface area contributed by atoms with Crippen LogP contribution in [0.3, 0.4) is 0 Å². The summed E-state index contributed by atoms with van der Waals surface area (Å²) in [6.07, 6.45) is 1.59. The molecule has 1 aromatic carbocycles. The maximum Gasteiger partial charge on any atom is 0.236 e. The maximum absolute atomic E-state index is 12.1. The van der Waals surface area contributed by atoms with Gasteiger partial charge in [0.2, 0.25) is 10.0 Å². The van der Waals surface area contributed by atoms with Gasteiger partial charge in [0, 0.05) is 6.54 Å². The van der Waals surface area contributed by atoms with Crippen molar-refractivity contribution in [2.45, 2.75) is 38.9 Å². The molecule has 3 N–H and O–H groups in total. The van der Waals surface area contributed by atoms with Crippen LogP contribution in [0.15, 0.2) is 18.2 Å². The van der Waals surface area contributed by atoms with E-state index in [0.717, 1.165) is 29.7 Å². The van der Waals surface area contributed by atoms with Gasteiger partial charge in [0.1, 0.15) is 0 Å². The lowest BCUT2D eigenvalue weighted by Crippen LogP contribution is -2.32. The molecule has 5 heteroatoms. The molecule has 1 unspecified atom stereocenters. The van der Waals surface area contributed by atoms with E-state index in [1.54, 1.807) is 6.92 Å². The van der Waals surface area contributed by atoms with E-state index in [1.165, 1.54) is 0 Å². The Hall–Kier alpha value is -1.07. The number of para-hydroxylation sites is 1. The minimum atomic E-state index is -3.40. The molecule has 0 aliphatic rings. The molecule has 0 fully saturated rings. The fraction of sp³-hybridized carbons (Fsp3) is 0.538. The number of benzene rings is 1. The Kier molecular flexibility index (Phi) is 5.16. The van der Waals surface area contributed by atoms with Crippen LogP contribution in [0.5, 0.6) is 0 Å². The van der Waals surface area contributed by atoms with Crippen molar-refractivity contribution in [3.63, 3.8) is 0 Å². The Morgan fingerprint density at radius 2 is 1.72 bits per heavy atom. The molecule has 0 amide bonds. The Balaban J connectivity index is 3.17. The molecular formula is C13H22N2O2S. The maximum atomic E-state index is 12.1. The van der Waals surface area contributed by atoms with Gasteiger partial charge in [-0.1, -0.05) is 32.0 Å². The molecule has 102 valence electrons. The van der Waals surface area contributed by atoms with E-state index in [-0.39, 0.29) is 6.54 Å². The van der Waals surface area contributed by atoms with Gasteiger partial charge in [0.05, 0.1) is 10.9 Å². The molecular weight excluding hydrogens is 248 g/mol. The fourth-order valence-corrected chi connectivity index (χ4v) is 2.74. The van der Waals surface area contributed by atoms with Crippen molar-refractivity contribution in [1.29, 1.82) is 0 Å². The summed E-state index contributed by atoms with van der Waals surface area (Å²) in [5.41, 5.74) is 8.19. The topological polar surface area (TPSA) is 72.2 Å². The normalized spacial score (nSPS) is 13.3. The molecule has 1 aromatic rings.